The number of hydrogen-bond acceptors (Lipinski definition) is 3. The van der Waals surface area contributed by atoms with Crippen LogP contribution in [0.25, 0.3) is 0 Å². The molecule has 3 heteroatoms. The molecule has 0 aromatic heterocycles. The summed E-state index contributed by atoms with van der Waals surface area (Å²) in [6, 6.07) is 0. The van der Waals surface area contributed by atoms with Crippen molar-refractivity contribution in [1.82, 2.24) is 5.48 Å². The molecule has 0 aromatic rings. The van der Waals surface area contributed by atoms with E-state index in [1.807, 2.05) is 0 Å². The lowest BCUT2D eigenvalue weighted by molar-refractivity contribution is -0.145. The zero-order chi connectivity index (χ0) is 20.0. The van der Waals surface area contributed by atoms with Crippen LogP contribution >= 0.6 is 0 Å². The van der Waals surface area contributed by atoms with Gasteiger partial charge in [-0.1, -0.05) is 123 Å². The number of hydroxylamine groups is 1. The summed E-state index contributed by atoms with van der Waals surface area (Å²) in [7, 11) is 0. The van der Waals surface area contributed by atoms with Crippen molar-refractivity contribution in [2.24, 2.45) is 5.92 Å². The summed E-state index contributed by atoms with van der Waals surface area (Å²) in [5, 5.41) is 0. The van der Waals surface area contributed by atoms with Crippen molar-refractivity contribution in [2.45, 2.75) is 123 Å². The van der Waals surface area contributed by atoms with Gasteiger partial charge in [0.05, 0.1) is 0 Å². The number of carbonyl (C=O) groups is 1. The van der Waals surface area contributed by atoms with Crippen LogP contribution in [0.3, 0.4) is 0 Å². The molecule has 1 unspecified atom stereocenters. The predicted molar refractivity (Wildman–Crippen MR) is 118 cm³/mol. The van der Waals surface area contributed by atoms with E-state index in [-0.39, 0.29) is 0 Å². The van der Waals surface area contributed by atoms with Gasteiger partial charge in [-0.25, -0.2) is 4.79 Å². The van der Waals surface area contributed by atoms with E-state index in [1.165, 1.54) is 109 Å². The van der Waals surface area contributed by atoms with Crippen molar-refractivity contribution in [3.05, 3.63) is 12.7 Å². The second-order valence-electron chi connectivity index (χ2n) is 7.99. The van der Waals surface area contributed by atoms with Crippen LogP contribution in [0, 0.1) is 5.92 Å². The van der Waals surface area contributed by atoms with Crippen LogP contribution in [0.15, 0.2) is 12.7 Å². The van der Waals surface area contributed by atoms with Crippen LogP contribution in [0.5, 0.6) is 0 Å². The van der Waals surface area contributed by atoms with E-state index < -0.39 is 5.97 Å². The molecule has 0 radical (unpaired) electrons. The highest BCUT2D eigenvalue weighted by atomic mass is 16.7. The van der Waals surface area contributed by atoms with E-state index in [1.54, 1.807) is 0 Å². The minimum absolute atomic E-state index is 0.406. The molecule has 0 aliphatic carbocycles. The Bertz CT molecular complexity index is 330. The fourth-order valence-corrected chi connectivity index (χ4v) is 3.53. The van der Waals surface area contributed by atoms with Crippen LogP contribution in [0.1, 0.15) is 123 Å². The van der Waals surface area contributed by atoms with E-state index in [4.69, 9.17) is 4.84 Å². The summed E-state index contributed by atoms with van der Waals surface area (Å²) < 4.78 is 0. The van der Waals surface area contributed by atoms with Gasteiger partial charge >= 0.3 is 5.97 Å². The first kappa shape index (κ1) is 26.2. The van der Waals surface area contributed by atoms with Crippen LogP contribution in [-0.2, 0) is 9.63 Å². The van der Waals surface area contributed by atoms with Crippen molar-refractivity contribution in [3.63, 3.8) is 0 Å². The summed E-state index contributed by atoms with van der Waals surface area (Å²) in [4.78, 5) is 15.8. The highest BCUT2D eigenvalue weighted by molar-refractivity contribution is 5.80. The van der Waals surface area contributed by atoms with Crippen LogP contribution in [0.2, 0.25) is 0 Å². The third-order valence-corrected chi connectivity index (χ3v) is 5.50. The molecule has 27 heavy (non-hydrogen) atoms. The Morgan fingerprint density at radius 1 is 0.815 bits per heavy atom. The average Bonchev–Trinajstić information content (AvgIpc) is 2.69. The SMILES string of the molecule is C=CC(=O)ONCC(CC)CCCCCCCCCCCCCCCCC. The summed E-state index contributed by atoms with van der Waals surface area (Å²) in [6.07, 6.45) is 24.6. The molecule has 0 rings (SSSR count). The monoisotopic (exact) mass is 381 g/mol. The van der Waals surface area contributed by atoms with Crippen LogP contribution in [0.4, 0.5) is 0 Å². The quantitative estimate of drug-likeness (QED) is 0.127. The average molecular weight is 382 g/mol. The molecule has 0 aliphatic rings. The summed E-state index contributed by atoms with van der Waals surface area (Å²) in [5.74, 6) is 0.182. The summed E-state index contributed by atoms with van der Waals surface area (Å²) >= 11 is 0. The summed E-state index contributed by atoms with van der Waals surface area (Å²) in [5.41, 5.74) is 2.77. The van der Waals surface area contributed by atoms with E-state index in [2.05, 4.69) is 25.9 Å². The Hall–Kier alpha value is -0.830. The van der Waals surface area contributed by atoms with Gasteiger partial charge in [0.15, 0.2) is 0 Å². The third kappa shape index (κ3) is 19.7. The number of carbonyl (C=O) groups excluding carboxylic acids is 1. The Balaban J connectivity index is 3.26. The molecule has 3 nitrogen and oxygen atoms in total. The molecule has 0 spiro atoms. The van der Waals surface area contributed by atoms with Gasteiger partial charge in [0, 0.05) is 12.6 Å². The minimum atomic E-state index is -0.406. The highest BCUT2D eigenvalue weighted by Gasteiger charge is 2.07. The number of hydrogen-bond donors (Lipinski definition) is 1. The molecular weight excluding hydrogens is 334 g/mol. The first-order chi connectivity index (χ1) is 13.2. The molecule has 1 N–H and O–H groups in total. The zero-order valence-electron chi connectivity index (χ0n) is 18.4. The Morgan fingerprint density at radius 3 is 1.67 bits per heavy atom. The van der Waals surface area contributed by atoms with E-state index in [9.17, 15) is 4.79 Å². The van der Waals surface area contributed by atoms with Gasteiger partial charge in [-0.15, -0.1) is 0 Å². The molecule has 160 valence electrons. The topological polar surface area (TPSA) is 38.3 Å². The maximum Gasteiger partial charge on any atom is 0.348 e. The normalized spacial score (nSPS) is 12.1. The molecule has 0 bridgehead atoms. The number of unbranched alkanes of at least 4 members (excludes halogenated alkanes) is 14. The van der Waals surface area contributed by atoms with Crippen LogP contribution in [-0.4, -0.2) is 12.5 Å². The summed E-state index contributed by atoms with van der Waals surface area (Å²) in [6.45, 7) is 8.62. The lowest BCUT2D eigenvalue weighted by Gasteiger charge is -2.14. The van der Waals surface area contributed by atoms with Gasteiger partial charge in [0.25, 0.3) is 0 Å². The highest BCUT2D eigenvalue weighted by Crippen LogP contribution is 2.16. The van der Waals surface area contributed by atoms with Gasteiger partial charge in [0.1, 0.15) is 0 Å². The Kier molecular flexibility index (Phi) is 20.8. The Morgan fingerprint density at radius 2 is 1.26 bits per heavy atom. The maximum absolute atomic E-state index is 11.0. The lowest BCUT2D eigenvalue weighted by Crippen LogP contribution is -2.25. The van der Waals surface area contributed by atoms with Crippen molar-refractivity contribution < 1.29 is 9.63 Å². The number of rotatable bonds is 21. The van der Waals surface area contributed by atoms with Crippen molar-refractivity contribution in [2.75, 3.05) is 6.54 Å². The third-order valence-electron chi connectivity index (χ3n) is 5.50. The molecule has 0 aliphatic heterocycles. The van der Waals surface area contributed by atoms with Gasteiger partial charge in [0.2, 0.25) is 0 Å². The van der Waals surface area contributed by atoms with Gasteiger partial charge in [-0.05, 0) is 12.3 Å². The molecule has 0 fully saturated rings. The molecule has 0 saturated carbocycles. The van der Waals surface area contributed by atoms with E-state index in [0.717, 1.165) is 13.0 Å². The van der Waals surface area contributed by atoms with Gasteiger partial charge in [-0.2, -0.15) is 5.48 Å². The standard InChI is InChI=1S/C24H47NO2/c1-4-7-8-9-10-11-12-13-14-15-16-17-18-19-20-21-23(5-2)22-25-27-24(26)6-3/h6,23,25H,3-5,7-22H2,1-2H3. The van der Waals surface area contributed by atoms with Gasteiger partial charge < -0.3 is 4.84 Å². The fraction of sp³-hybridized carbons (Fsp3) is 0.875. The van der Waals surface area contributed by atoms with Crippen molar-refractivity contribution in [3.8, 4) is 0 Å². The van der Waals surface area contributed by atoms with E-state index >= 15 is 0 Å². The smallest absolute Gasteiger partial charge is 0.348 e. The Labute approximate surface area is 169 Å². The maximum atomic E-state index is 11.0. The molecular formula is C24H47NO2. The van der Waals surface area contributed by atoms with Gasteiger partial charge in [-0.3, -0.25) is 0 Å². The van der Waals surface area contributed by atoms with Crippen molar-refractivity contribution >= 4 is 5.97 Å². The molecule has 0 aromatic carbocycles. The largest absolute Gasteiger partial charge is 0.367 e. The second-order valence-corrected chi connectivity index (χ2v) is 7.99. The lowest BCUT2D eigenvalue weighted by atomic mass is 9.98. The predicted octanol–water partition coefficient (Wildman–Crippen LogP) is 7.51. The zero-order valence-corrected chi connectivity index (χ0v) is 18.4. The molecule has 0 saturated heterocycles. The molecule has 0 heterocycles. The van der Waals surface area contributed by atoms with Crippen molar-refractivity contribution in [1.29, 1.82) is 0 Å². The fourth-order valence-electron chi connectivity index (χ4n) is 3.53. The molecule has 0 amide bonds. The first-order valence-corrected chi connectivity index (χ1v) is 11.8. The second kappa shape index (κ2) is 21.5. The number of nitrogens with one attached hydrogen (secondary N) is 1. The first-order valence-electron chi connectivity index (χ1n) is 11.8. The minimum Gasteiger partial charge on any atom is -0.367 e. The molecule has 1 atom stereocenters. The van der Waals surface area contributed by atoms with E-state index in [0.29, 0.717) is 5.92 Å². The van der Waals surface area contributed by atoms with Crippen LogP contribution < -0.4 is 5.48 Å².